The topological polar surface area (TPSA) is 29.5 Å². The van der Waals surface area contributed by atoms with Crippen molar-refractivity contribution in [3.63, 3.8) is 0 Å². The second-order valence-corrected chi connectivity index (χ2v) is 4.55. The Morgan fingerprint density at radius 1 is 1.47 bits per heavy atom. The summed E-state index contributed by atoms with van der Waals surface area (Å²) in [6, 6.07) is 6.08. The molecule has 0 amide bonds. The standard InChI is InChI=1S/C15H20O2/c1-2-3-4-10-17-13-9-8-12-6-5-7-15(16)14(12)11-13/h2,8-9,11,15-16H,1,3-7,10H2/t15-/m1/s1. The summed E-state index contributed by atoms with van der Waals surface area (Å²) in [6.07, 6.45) is 6.58. The van der Waals surface area contributed by atoms with Crippen molar-refractivity contribution in [1.82, 2.24) is 0 Å². The van der Waals surface area contributed by atoms with Crippen LogP contribution in [0.5, 0.6) is 5.75 Å². The fourth-order valence-corrected chi connectivity index (χ4v) is 2.26. The predicted molar refractivity (Wildman–Crippen MR) is 69.3 cm³/mol. The normalized spacial score (nSPS) is 18.5. The molecule has 0 fully saturated rings. The lowest BCUT2D eigenvalue weighted by Gasteiger charge is -2.21. The minimum Gasteiger partial charge on any atom is -0.494 e. The summed E-state index contributed by atoms with van der Waals surface area (Å²) in [7, 11) is 0. The van der Waals surface area contributed by atoms with Crippen LogP contribution >= 0.6 is 0 Å². The lowest BCUT2D eigenvalue weighted by Crippen LogP contribution is -2.09. The number of hydrogen-bond donors (Lipinski definition) is 1. The summed E-state index contributed by atoms with van der Waals surface area (Å²) >= 11 is 0. The highest BCUT2D eigenvalue weighted by Gasteiger charge is 2.18. The second-order valence-electron chi connectivity index (χ2n) is 4.55. The molecule has 2 rings (SSSR count). The van der Waals surface area contributed by atoms with Gasteiger partial charge in [-0.15, -0.1) is 6.58 Å². The average molecular weight is 232 g/mol. The van der Waals surface area contributed by atoms with Gasteiger partial charge in [0.2, 0.25) is 0 Å². The molecular weight excluding hydrogens is 212 g/mol. The Kier molecular flexibility index (Phi) is 4.21. The van der Waals surface area contributed by atoms with E-state index in [9.17, 15) is 5.11 Å². The van der Waals surface area contributed by atoms with E-state index in [0.717, 1.165) is 43.4 Å². The van der Waals surface area contributed by atoms with Gasteiger partial charge in [-0.2, -0.15) is 0 Å². The van der Waals surface area contributed by atoms with E-state index < -0.39 is 0 Å². The number of aryl methyl sites for hydroxylation is 1. The Hall–Kier alpha value is -1.28. The molecule has 0 saturated heterocycles. The highest BCUT2D eigenvalue weighted by Crippen LogP contribution is 2.32. The van der Waals surface area contributed by atoms with Crippen molar-refractivity contribution >= 4 is 0 Å². The largest absolute Gasteiger partial charge is 0.494 e. The van der Waals surface area contributed by atoms with Gasteiger partial charge in [0.15, 0.2) is 0 Å². The number of fused-ring (bicyclic) bond motifs is 1. The van der Waals surface area contributed by atoms with E-state index in [4.69, 9.17) is 4.74 Å². The van der Waals surface area contributed by atoms with Crippen molar-refractivity contribution in [2.75, 3.05) is 6.61 Å². The smallest absolute Gasteiger partial charge is 0.119 e. The van der Waals surface area contributed by atoms with Gasteiger partial charge in [-0.25, -0.2) is 0 Å². The van der Waals surface area contributed by atoms with Crippen LogP contribution in [0.3, 0.4) is 0 Å². The predicted octanol–water partition coefficient (Wildman–Crippen LogP) is 3.40. The number of aliphatic hydroxyl groups is 1. The summed E-state index contributed by atoms with van der Waals surface area (Å²) in [5.74, 6) is 0.869. The number of aliphatic hydroxyl groups excluding tert-OH is 1. The number of benzene rings is 1. The van der Waals surface area contributed by atoms with Crippen molar-refractivity contribution in [1.29, 1.82) is 0 Å². The molecule has 92 valence electrons. The summed E-state index contributed by atoms with van der Waals surface area (Å²) in [5.41, 5.74) is 2.32. The zero-order valence-corrected chi connectivity index (χ0v) is 10.2. The molecule has 17 heavy (non-hydrogen) atoms. The van der Waals surface area contributed by atoms with Gasteiger partial charge in [0.05, 0.1) is 12.7 Å². The SMILES string of the molecule is C=CCCCOc1ccc2c(c1)[C@H](O)CCC2. The Labute approximate surface area is 103 Å². The van der Waals surface area contributed by atoms with Crippen LogP contribution < -0.4 is 4.74 Å². The van der Waals surface area contributed by atoms with Crippen molar-refractivity contribution in [3.05, 3.63) is 42.0 Å². The first-order valence-electron chi connectivity index (χ1n) is 6.36. The molecule has 1 aromatic rings. The van der Waals surface area contributed by atoms with Gasteiger partial charge < -0.3 is 9.84 Å². The molecule has 1 aliphatic carbocycles. The van der Waals surface area contributed by atoms with Gasteiger partial charge in [0.25, 0.3) is 0 Å². The molecule has 1 atom stereocenters. The van der Waals surface area contributed by atoms with Crippen LogP contribution in [0.2, 0.25) is 0 Å². The maximum absolute atomic E-state index is 9.93. The molecule has 2 nitrogen and oxygen atoms in total. The van der Waals surface area contributed by atoms with Gasteiger partial charge in [-0.05, 0) is 55.4 Å². The quantitative estimate of drug-likeness (QED) is 0.622. The van der Waals surface area contributed by atoms with E-state index in [1.807, 2.05) is 18.2 Å². The van der Waals surface area contributed by atoms with E-state index in [0.29, 0.717) is 6.61 Å². The minimum absolute atomic E-state index is 0.310. The molecular formula is C15H20O2. The molecule has 0 heterocycles. The van der Waals surface area contributed by atoms with Crippen LogP contribution in [0.25, 0.3) is 0 Å². The number of allylic oxidation sites excluding steroid dienone is 1. The first-order valence-corrected chi connectivity index (χ1v) is 6.36. The van der Waals surface area contributed by atoms with Crippen LogP contribution in [-0.4, -0.2) is 11.7 Å². The lowest BCUT2D eigenvalue weighted by molar-refractivity contribution is 0.156. The molecule has 1 N–H and O–H groups in total. The average Bonchev–Trinajstić information content (AvgIpc) is 2.36. The van der Waals surface area contributed by atoms with Gasteiger partial charge in [-0.3, -0.25) is 0 Å². The minimum atomic E-state index is -0.310. The maximum atomic E-state index is 9.93. The Bertz CT molecular complexity index is 385. The molecule has 0 unspecified atom stereocenters. The third-order valence-corrected chi connectivity index (χ3v) is 3.22. The summed E-state index contributed by atoms with van der Waals surface area (Å²) in [5, 5.41) is 9.93. The van der Waals surface area contributed by atoms with Gasteiger partial charge >= 0.3 is 0 Å². The third-order valence-electron chi connectivity index (χ3n) is 3.22. The molecule has 0 bridgehead atoms. The Morgan fingerprint density at radius 2 is 2.35 bits per heavy atom. The molecule has 1 aromatic carbocycles. The first-order chi connectivity index (χ1) is 8.31. The highest BCUT2D eigenvalue weighted by molar-refractivity contribution is 5.38. The summed E-state index contributed by atoms with van der Waals surface area (Å²) in [4.78, 5) is 0. The van der Waals surface area contributed by atoms with E-state index in [1.165, 1.54) is 5.56 Å². The molecule has 0 radical (unpaired) electrons. The monoisotopic (exact) mass is 232 g/mol. The van der Waals surface area contributed by atoms with E-state index in [2.05, 4.69) is 12.6 Å². The van der Waals surface area contributed by atoms with Crippen LogP contribution in [0, 0.1) is 0 Å². The number of rotatable bonds is 5. The van der Waals surface area contributed by atoms with Crippen molar-refractivity contribution in [2.24, 2.45) is 0 Å². The van der Waals surface area contributed by atoms with E-state index >= 15 is 0 Å². The second kappa shape index (κ2) is 5.87. The van der Waals surface area contributed by atoms with Crippen molar-refractivity contribution < 1.29 is 9.84 Å². The number of unbranched alkanes of at least 4 members (excludes halogenated alkanes) is 1. The van der Waals surface area contributed by atoms with Gasteiger partial charge in [0, 0.05) is 0 Å². The van der Waals surface area contributed by atoms with Crippen molar-refractivity contribution in [3.8, 4) is 5.75 Å². The van der Waals surface area contributed by atoms with Crippen LogP contribution in [-0.2, 0) is 6.42 Å². The zero-order valence-electron chi connectivity index (χ0n) is 10.2. The molecule has 0 spiro atoms. The molecule has 0 aromatic heterocycles. The molecule has 1 aliphatic rings. The molecule has 2 heteroatoms. The van der Waals surface area contributed by atoms with Gasteiger partial charge in [0.1, 0.15) is 5.75 Å². The maximum Gasteiger partial charge on any atom is 0.119 e. The zero-order chi connectivity index (χ0) is 12.1. The number of ether oxygens (including phenoxy) is 1. The lowest BCUT2D eigenvalue weighted by atomic mass is 9.89. The highest BCUT2D eigenvalue weighted by atomic mass is 16.5. The fraction of sp³-hybridized carbons (Fsp3) is 0.467. The van der Waals surface area contributed by atoms with Crippen LogP contribution in [0.15, 0.2) is 30.9 Å². The first kappa shape index (κ1) is 12.2. The Morgan fingerprint density at radius 3 is 3.18 bits per heavy atom. The fourth-order valence-electron chi connectivity index (χ4n) is 2.26. The molecule has 0 saturated carbocycles. The summed E-state index contributed by atoms with van der Waals surface area (Å²) < 4.78 is 5.66. The molecule has 0 aliphatic heterocycles. The van der Waals surface area contributed by atoms with E-state index in [-0.39, 0.29) is 6.10 Å². The van der Waals surface area contributed by atoms with Crippen molar-refractivity contribution in [2.45, 2.75) is 38.2 Å². The summed E-state index contributed by atoms with van der Waals surface area (Å²) in [6.45, 7) is 4.39. The van der Waals surface area contributed by atoms with Crippen LogP contribution in [0.4, 0.5) is 0 Å². The third kappa shape index (κ3) is 3.10. The Balaban J connectivity index is 1.99. The van der Waals surface area contributed by atoms with E-state index in [1.54, 1.807) is 0 Å². The van der Waals surface area contributed by atoms with Crippen LogP contribution in [0.1, 0.15) is 42.9 Å². The van der Waals surface area contributed by atoms with Gasteiger partial charge in [-0.1, -0.05) is 12.1 Å². The number of hydrogen-bond acceptors (Lipinski definition) is 2.